The van der Waals surface area contributed by atoms with E-state index in [0.29, 0.717) is 29.9 Å². The van der Waals surface area contributed by atoms with Crippen molar-refractivity contribution < 1.29 is 9.18 Å². The second-order valence-electron chi connectivity index (χ2n) is 6.64. The molecule has 7 nitrogen and oxygen atoms in total. The first-order chi connectivity index (χ1) is 12.9. The molecule has 1 amide bonds. The van der Waals surface area contributed by atoms with Gasteiger partial charge in [0.25, 0.3) is 11.5 Å². The highest BCUT2D eigenvalue weighted by Gasteiger charge is 2.25. The zero-order valence-electron chi connectivity index (χ0n) is 15.0. The van der Waals surface area contributed by atoms with Crippen LogP contribution in [0.5, 0.6) is 0 Å². The van der Waals surface area contributed by atoms with Gasteiger partial charge in [0.2, 0.25) is 0 Å². The predicted molar refractivity (Wildman–Crippen MR) is 96.3 cm³/mol. The molecule has 0 fully saturated rings. The van der Waals surface area contributed by atoms with Crippen LogP contribution in [-0.4, -0.2) is 37.1 Å². The summed E-state index contributed by atoms with van der Waals surface area (Å²) in [5.74, 6) is -0.805. The van der Waals surface area contributed by atoms with Crippen molar-refractivity contribution in [2.75, 3.05) is 6.54 Å². The molecule has 0 spiro atoms. The zero-order valence-corrected chi connectivity index (χ0v) is 15.0. The molecule has 1 aliphatic rings. The van der Waals surface area contributed by atoms with Crippen LogP contribution in [0.1, 0.15) is 33.0 Å². The summed E-state index contributed by atoms with van der Waals surface area (Å²) in [6.07, 6.45) is 1.76. The van der Waals surface area contributed by atoms with E-state index in [4.69, 9.17) is 0 Å². The second-order valence-corrected chi connectivity index (χ2v) is 6.64. The number of aromatic nitrogens is 4. The first-order valence-electron chi connectivity index (χ1n) is 8.62. The van der Waals surface area contributed by atoms with Gasteiger partial charge in [0.05, 0.1) is 24.3 Å². The van der Waals surface area contributed by atoms with Gasteiger partial charge in [-0.1, -0.05) is 0 Å². The molecular formula is C19H18FN5O2. The lowest BCUT2D eigenvalue weighted by molar-refractivity contribution is 0.0730. The second kappa shape index (κ2) is 6.46. The number of nitrogens with one attached hydrogen (secondary N) is 1. The molecule has 8 heteroatoms. The number of nitrogens with zero attached hydrogens (tertiary/aromatic N) is 4. The van der Waals surface area contributed by atoms with Crippen molar-refractivity contribution in [3.63, 3.8) is 0 Å². The van der Waals surface area contributed by atoms with E-state index in [1.54, 1.807) is 17.0 Å². The molecule has 27 heavy (non-hydrogen) atoms. The van der Waals surface area contributed by atoms with Gasteiger partial charge in [-0.15, -0.1) is 0 Å². The Morgan fingerprint density at radius 3 is 2.78 bits per heavy atom. The maximum atomic E-state index is 14.7. The van der Waals surface area contributed by atoms with E-state index in [0.717, 1.165) is 11.4 Å². The van der Waals surface area contributed by atoms with Crippen LogP contribution in [0.25, 0.3) is 5.69 Å². The van der Waals surface area contributed by atoms with E-state index in [-0.39, 0.29) is 23.6 Å². The van der Waals surface area contributed by atoms with E-state index < -0.39 is 5.82 Å². The average molecular weight is 367 g/mol. The molecule has 0 saturated heterocycles. The summed E-state index contributed by atoms with van der Waals surface area (Å²) in [4.78, 5) is 32.9. The molecule has 0 saturated carbocycles. The Hall–Kier alpha value is -3.29. The third kappa shape index (κ3) is 3.03. The number of fused-ring (bicyclic) bond motifs is 1. The lowest BCUT2D eigenvalue weighted by Crippen LogP contribution is -2.39. The number of aromatic amines is 1. The molecule has 138 valence electrons. The van der Waals surface area contributed by atoms with Crippen LogP contribution in [0.15, 0.2) is 35.4 Å². The fourth-order valence-corrected chi connectivity index (χ4v) is 3.41. The molecule has 1 aliphatic heterocycles. The van der Waals surface area contributed by atoms with E-state index in [1.807, 2.05) is 19.9 Å². The molecule has 1 aromatic carbocycles. The van der Waals surface area contributed by atoms with Crippen molar-refractivity contribution in [1.29, 1.82) is 0 Å². The quantitative estimate of drug-likeness (QED) is 0.750. The minimum Gasteiger partial charge on any atom is -0.332 e. The number of hydrogen-bond donors (Lipinski definition) is 1. The summed E-state index contributed by atoms with van der Waals surface area (Å²) in [7, 11) is 0. The number of carbonyl (C=O) groups is 1. The van der Waals surface area contributed by atoms with Crippen LogP contribution >= 0.6 is 0 Å². The largest absolute Gasteiger partial charge is 0.332 e. The van der Waals surface area contributed by atoms with Gasteiger partial charge in [-0.3, -0.25) is 9.59 Å². The fraction of sp³-hybridized carbons (Fsp3) is 0.263. The number of hydrogen-bond acceptors (Lipinski definition) is 4. The lowest BCUT2D eigenvalue weighted by Gasteiger charge is -2.27. The van der Waals surface area contributed by atoms with Gasteiger partial charge >= 0.3 is 0 Å². The first kappa shape index (κ1) is 17.1. The Morgan fingerprint density at radius 2 is 2.07 bits per heavy atom. The molecule has 0 bridgehead atoms. The van der Waals surface area contributed by atoms with E-state index in [9.17, 15) is 14.0 Å². The Balaban J connectivity index is 1.61. The van der Waals surface area contributed by atoms with Gasteiger partial charge in [0, 0.05) is 23.4 Å². The standard InChI is InChI=1S/C19H18FN5O2/c1-11-7-12(2)25(23-11)17-4-3-13(8-15(17)20)19(27)24-6-5-14-16(9-24)21-10-22-18(14)26/h3-4,7-8,10H,5-6,9H2,1-2H3,(H,21,22,26). The highest BCUT2D eigenvalue weighted by Crippen LogP contribution is 2.20. The minimum atomic E-state index is -0.515. The first-order valence-corrected chi connectivity index (χ1v) is 8.62. The molecule has 0 aliphatic carbocycles. The van der Waals surface area contributed by atoms with Gasteiger partial charge in [0.1, 0.15) is 11.5 Å². The van der Waals surface area contributed by atoms with Crippen LogP contribution in [0.4, 0.5) is 4.39 Å². The summed E-state index contributed by atoms with van der Waals surface area (Å²) in [5.41, 5.74) is 3.18. The Bertz CT molecular complexity index is 1100. The lowest BCUT2D eigenvalue weighted by atomic mass is 10.1. The van der Waals surface area contributed by atoms with E-state index in [1.165, 1.54) is 17.1 Å². The molecule has 3 heterocycles. The summed E-state index contributed by atoms with van der Waals surface area (Å²) in [6.45, 7) is 4.31. The van der Waals surface area contributed by atoms with Gasteiger partial charge < -0.3 is 9.88 Å². The third-order valence-corrected chi connectivity index (χ3v) is 4.73. The van der Waals surface area contributed by atoms with Gasteiger partial charge in [0.15, 0.2) is 0 Å². The molecule has 1 N–H and O–H groups in total. The third-order valence-electron chi connectivity index (χ3n) is 4.73. The monoisotopic (exact) mass is 367 g/mol. The zero-order chi connectivity index (χ0) is 19.1. The summed E-state index contributed by atoms with van der Waals surface area (Å²) in [5, 5.41) is 4.28. The number of rotatable bonds is 2. The molecular weight excluding hydrogens is 349 g/mol. The number of benzene rings is 1. The maximum absolute atomic E-state index is 14.7. The highest BCUT2D eigenvalue weighted by molar-refractivity contribution is 5.94. The van der Waals surface area contributed by atoms with E-state index >= 15 is 0 Å². The highest BCUT2D eigenvalue weighted by atomic mass is 19.1. The van der Waals surface area contributed by atoms with Gasteiger partial charge in [-0.05, 0) is 44.5 Å². The smallest absolute Gasteiger partial charge is 0.254 e. The average Bonchev–Trinajstić information content (AvgIpc) is 2.99. The summed E-state index contributed by atoms with van der Waals surface area (Å²) < 4.78 is 16.2. The van der Waals surface area contributed by atoms with Crippen molar-refractivity contribution in [1.82, 2.24) is 24.6 Å². The van der Waals surface area contributed by atoms with Crippen molar-refractivity contribution in [2.24, 2.45) is 0 Å². The van der Waals surface area contributed by atoms with Crippen LogP contribution < -0.4 is 5.56 Å². The van der Waals surface area contributed by atoms with E-state index in [2.05, 4.69) is 15.1 Å². The SMILES string of the molecule is Cc1cc(C)n(-c2ccc(C(=O)N3CCc4c(nc[nH]c4=O)C3)cc2F)n1. The van der Waals surface area contributed by atoms with Crippen LogP contribution in [-0.2, 0) is 13.0 Å². The van der Waals surface area contributed by atoms with Crippen LogP contribution in [0.2, 0.25) is 0 Å². The predicted octanol–water partition coefficient (Wildman–Crippen LogP) is 1.91. The van der Waals surface area contributed by atoms with Crippen molar-refractivity contribution in [3.05, 3.63) is 75.0 Å². The maximum Gasteiger partial charge on any atom is 0.254 e. The van der Waals surface area contributed by atoms with Crippen molar-refractivity contribution in [3.8, 4) is 5.69 Å². The van der Waals surface area contributed by atoms with Crippen molar-refractivity contribution >= 4 is 5.91 Å². The van der Waals surface area contributed by atoms with Crippen LogP contribution in [0, 0.1) is 19.7 Å². The molecule has 3 aromatic rings. The fourth-order valence-electron chi connectivity index (χ4n) is 3.41. The minimum absolute atomic E-state index is 0.174. The number of halogens is 1. The van der Waals surface area contributed by atoms with Gasteiger partial charge in [-0.25, -0.2) is 14.1 Å². The topological polar surface area (TPSA) is 83.9 Å². The number of H-pyrrole nitrogens is 1. The summed E-state index contributed by atoms with van der Waals surface area (Å²) >= 11 is 0. The number of amides is 1. The molecule has 0 radical (unpaired) electrons. The van der Waals surface area contributed by atoms with Crippen molar-refractivity contribution in [2.45, 2.75) is 26.8 Å². The van der Waals surface area contributed by atoms with Gasteiger partial charge in [-0.2, -0.15) is 5.10 Å². The normalized spacial score (nSPS) is 13.5. The Labute approximate surface area is 154 Å². The van der Waals surface area contributed by atoms with Crippen LogP contribution in [0.3, 0.4) is 0 Å². The summed E-state index contributed by atoms with van der Waals surface area (Å²) in [6, 6.07) is 6.24. The molecule has 0 atom stereocenters. The number of aryl methyl sites for hydroxylation is 2. The Kier molecular flexibility index (Phi) is 4.10. The Morgan fingerprint density at radius 1 is 1.26 bits per heavy atom. The molecule has 0 unspecified atom stereocenters. The number of carbonyl (C=O) groups excluding carboxylic acids is 1. The molecule has 4 rings (SSSR count). The molecule has 2 aromatic heterocycles.